The zero-order valence-corrected chi connectivity index (χ0v) is 23.0. The zero-order chi connectivity index (χ0) is 28.6. The summed E-state index contributed by atoms with van der Waals surface area (Å²) in [5.41, 5.74) is 0.932. The van der Waals surface area contributed by atoms with Gasteiger partial charge in [-0.25, -0.2) is 4.39 Å². The number of halogens is 1. The summed E-state index contributed by atoms with van der Waals surface area (Å²) in [5.74, 6) is -1.20. The monoisotopic (exact) mass is 548 g/mol. The van der Waals surface area contributed by atoms with E-state index in [1.165, 1.54) is 30.5 Å². The molecule has 0 spiro atoms. The number of hydrogen-bond acceptors (Lipinski definition) is 6. The molecule has 9 nitrogen and oxygen atoms in total. The van der Waals surface area contributed by atoms with Gasteiger partial charge in [0.2, 0.25) is 0 Å². The molecule has 1 atom stereocenters. The Labute approximate surface area is 230 Å². The summed E-state index contributed by atoms with van der Waals surface area (Å²) in [7, 11) is 1.74. The van der Waals surface area contributed by atoms with Crippen LogP contribution in [0, 0.1) is 11.2 Å². The Morgan fingerprint density at radius 3 is 2.73 bits per heavy atom. The number of aryl methyl sites for hydroxylation is 1. The van der Waals surface area contributed by atoms with Crippen LogP contribution in [-0.2, 0) is 23.1 Å². The van der Waals surface area contributed by atoms with Crippen molar-refractivity contribution in [2.24, 2.45) is 12.5 Å². The molecule has 1 aromatic carbocycles. The van der Waals surface area contributed by atoms with Gasteiger partial charge in [0.15, 0.2) is 17.5 Å². The van der Waals surface area contributed by atoms with Crippen molar-refractivity contribution < 1.29 is 23.8 Å². The summed E-state index contributed by atoms with van der Waals surface area (Å²) in [6.45, 7) is 6.31. The number of aliphatic hydroxyl groups is 1. The molecule has 40 heavy (non-hydrogen) atoms. The van der Waals surface area contributed by atoms with Crippen molar-refractivity contribution in [3.05, 3.63) is 81.4 Å². The van der Waals surface area contributed by atoms with Crippen molar-refractivity contribution >= 4 is 22.9 Å². The van der Waals surface area contributed by atoms with Crippen LogP contribution in [0.5, 0.6) is 0 Å². The zero-order valence-electron chi connectivity index (χ0n) is 23.0. The average molecular weight is 549 g/mol. The van der Waals surface area contributed by atoms with Gasteiger partial charge in [-0.1, -0.05) is 20.8 Å². The van der Waals surface area contributed by atoms with Gasteiger partial charge < -0.3 is 24.3 Å². The summed E-state index contributed by atoms with van der Waals surface area (Å²) in [5, 5.41) is 18.1. The molecule has 4 heterocycles. The minimum absolute atomic E-state index is 0.0438. The first-order valence-electron chi connectivity index (χ1n) is 13.3. The highest BCUT2D eigenvalue weighted by Gasteiger charge is 2.23. The van der Waals surface area contributed by atoms with Crippen LogP contribution in [0.2, 0.25) is 0 Å². The van der Waals surface area contributed by atoms with E-state index in [2.05, 4.69) is 10.4 Å². The van der Waals surface area contributed by atoms with Crippen LogP contribution in [0.25, 0.3) is 22.4 Å². The minimum atomic E-state index is -0.628. The molecule has 0 radical (unpaired) electrons. The second-order valence-electron chi connectivity index (χ2n) is 11.1. The van der Waals surface area contributed by atoms with Crippen LogP contribution >= 0.6 is 0 Å². The van der Waals surface area contributed by atoms with Gasteiger partial charge in [-0.15, -0.1) is 0 Å². The number of nitrogens with zero attached hydrogens (tertiary/aromatic N) is 3. The predicted octanol–water partition coefficient (Wildman–Crippen LogP) is 4.57. The molecular formula is C30H33FN4O5. The predicted molar refractivity (Wildman–Crippen MR) is 149 cm³/mol. The first-order valence-corrected chi connectivity index (χ1v) is 13.3. The number of hydrogen-bond donors (Lipinski definition) is 2. The Morgan fingerprint density at radius 2 is 2.05 bits per heavy atom. The Morgan fingerprint density at radius 1 is 1.25 bits per heavy atom. The standard InChI is InChI=1S/C30H33FN4O5/c1-30(2,3)28(37)25-14-22(24-13-20(36)8-9-35(24)25)29(38)33-23-12-18(17-40-26-7-5-6-10-39-26)11-21(27(23)31)19-15-32-34(4)16-19/h8-9,11-16,26,37H,5-7,10,17H2,1-4H3,(H,33,38)/b28-25-. The molecule has 0 bridgehead atoms. The van der Waals surface area contributed by atoms with E-state index in [1.807, 2.05) is 20.8 Å². The van der Waals surface area contributed by atoms with Crippen LogP contribution in [0.4, 0.5) is 10.1 Å². The number of anilines is 1. The van der Waals surface area contributed by atoms with Gasteiger partial charge in [0, 0.05) is 54.7 Å². The molecule has 10 heteroatoms. The molecule has 5 rings (SSSR count). The van der Waals surface area contributed by atoms with Gasteiger partial charge in [-0.3, -0.25) is 14.3 Å². The maximum Gasteiger partial charge on any atom is 0.257 e. The van der Waals surface area contributed by atoms with E-state index in [9.17, 15) is 14.7 Å². The summed E-state index contributed by atoms with van der Waals surface area (Å²) in [6, 6.07) is 7.40. The number of pyridine rings is 1. The van der Waals surface area contributed by atoms with E-state index in [0.717, 1.165) is 19.3 Å². The van der Waals surface area contributed by atoms with E-state index >= 15 is 4.39 Å². The number of carbonyl (C=O) groups is 1. The van der Waals surface area contributed by atoms with Crippen LogP contribution in [0.15, 0.2) is 53.7 Å². The van der Waals surface area contributed by atoms with E-state index in [0.29, 0.717) is 28.6 Å². The third-order valence-electron chi connectivity index (χ3n) is 6.91. The summed E-state index contributed by atoms with van der Waals surface area (Å²) >= 11 is 0. The van der Waals surface area contributed by atoms with Crippen molar-refractivity contribution in [1.29, 1.82) is 0 Å². The molecule has 1 amide bonds. The first-order chi connectivity index (χ1) is 19.0. The van der Waals surface area contributed by atoms with Gasteiger partial charge >= 0.3 is 0 Å². The Balaban J connectivity index is 1.55. The third kappa shape index (κ3) is 5.64. The summed E-state index contributed by atoms with van der Waals surface area (Å²) in [6.07, 6.45) is 7.20. The van der Waals surface area contributed by atoms with E-state index < -0.39 is 17.1 Å². The summed E-state index contributed by atoms with van der Waals surface area (Å²) < 4.78 is 30.6. The minimum Gasteiger partial charge on any atom is -0.510 e. The highest BCUT2D eigenvalue weighted by molar-refractivity contribution is 6.09. The van der Waals surface area contributed by atoms with Crippen LogP contribution < -0.4 is 16.1 Å². The quantitative estimate of drug-likeness (QED) is 0.366. The number of aromatic nitrogens is 3. The molecule has 2 N–H and O–H groups in total. The Bertz CT molecular complexity index is 1680. The van der Waals surface area contributed by atoms with E-state index in [-0.39, 0.29) is 40.9 Å². The SMILES string of the molecule is Cn1cc(-c2cc(COC3CCCCO3)cc(NC(=O)c3c/c(=C(/O)C(C)(C)C)n4ccc(=O)cc34)c2F)cn1. The molecular weight excluding hydrogens is 515 g/mol. The fraction of sp³-hybridized carbons (Fsp3) is 0.367. The molecule has 1 aliphatic rings. The van der Waals surface area contributed by atoms with Gasteiger partial charge in [0.05, 0.1) is 34.9 Å². The van der Waals surface area contributed by atoms with Crippen molar-refractivity contribution in [3.63, 3.8) is 0 Å². The normalized spacial score (nSPS) is 16.8. The number of aliphatic hydroxyl groups excluding tert-OH is 1. The average Bonchev–Trinajstić information content (AvgIpc) is 3.52. The molecule has 4 aromatic rings. The fourth-order valence-corrected chi connectivity index (χ4v) is 4.78. The fourth-order valence-electron chi connectivity index (χ4n) is 4.78. The number of ether oxygens (including phenoxy) is 2. The molecule has 0 saturated carbocycles. The second-order valence-corrected chi connectivity index (χ2v) is 11.1. The number of fused-ring (bicyclic) bond motifs is 1. The van der Waals surface area contributed by atoms with Gasteiger partial charge in [-0.2, -0.15) is 5.10 Å². The Hall–Kier alpha value is -4.02. The first kappa shape index (κ1) is 27.5. The smallest absolute Gasteiger partial charge is 0.257 e. The highest BCUT2D eigenvalue weighted by Crippen LogP contribution is 2.31. The molecule has 1 aliphatic heterocycles. The van der Waals surface area contributed by atoms with Gasteiger partial charge in [-0.05, 0) is 43.0 Å². The number of benzene rings is 1. The highest BCUT2D eigenvalue weighted by atomic mass is 19.1. The lowest BCUT2D eigenvalue weighted by molar-refractivity contribution is -0.168. The molecule has 3 aromatic heterocycles. The van der Waals surface area contributed by atoms with Crippen molar-refractivity contribution in [1.82, 2.24) is 14.2 Å². The van der Waals surface area contributed by atoms with Crippen molar-refractivity contribution in [3.8, 4) is 11.1 Å². The van der Waals surface area contributed by atoms with Crippen molar-refractivity contribution in [2.75, 3.05) is 11.9 Å². The summed E-state index contributed by atoms with van der Waals surface area (Å²) in [4.78, 5) is 25.8. The van der Waals surface area contributed by atoms with Gasteiger partial charge in [0.25, 0.3) is 5.91 Å². The van der Waals surface area contributed by atoms with Crippen LogP contribution in [-0.4, -0.2) is 38.1 Å². The third-order valence-corrected chi connectivity index (χ3v) is 6.91. The lowest BCUT2D eigenvalue weighted by atomic mass is 9.93. The molecule has 0 aliphatic carbocycles. The van der Waals surface area contributed by atoms with Crippen LogP contribution in [0.3, 0.4) is 0 Å². The molecule has 1 unspecified atom stereocenters. The number of nitrogens with one attached hydrogen (secondary N) is 1. The maximum absolute atomic E-state index is 15.9. The molecule has 210 valence electrons. The van der Waals surface area contributed by atoms with Crippen molar-refractivity contribution in [2.45, 2.75) is 52.9 Å². The Kier molecular flexibility index (Phi) is 7.48. The van der Waals surface area contributed by atoms with Crippen LogP contribution in [0.1, 0.15) is 56.0 Å². The lowest BCUT2D eigenvalue weighted by Gasteiger charge is -2.23. The molecule has 1 fully saturated rings. The lowest BCUT2D eigenvalue weighted by Crippen LogP contribution is -2.22. The second kappa shape index (κ2) is 10.9. The topological polar surface area (TPSA) is 107 Å². The number of carbonyl (C=O) groups excluding carboxylic acids is 1. The number of amides is 1. The van der Waals surface area contributed by atoms with E-state index in [4.69, 9.17) is 9.47 Å². The van der Waals surface area contributed by atoms with Gasteiger partial charge in [0.1, 0.15) is 5.76 Å². The van der Waals surface area contributed by atoms with E-state index in [1.54, 1.807) is 34.6 Å². The largest absolute Gasteiger partial charge is 0.510 e. The maximum atomic E-state index is 15.9. The molecule has 1 saturated heterocycles. The number of rotatable bonds is 6.